The molecule has 0 bridgehead atoms. The fourth-order valence-corrected chi connectivity index (χ4v) is 3.28. The minimum atomic E-state index is -1.14. The standard InChI is InChI=1S/C23H33N3O5/c1-4-6-8-17(5-2)16-31-14-7-13-24-15-20-21(27)25-23(29)26(22(20)28)18-9-11-19(30-3)12-10-18/h9-12,15,17,20H,4-8,13-14,16H2,1-3H3,(H,25,27,29)/t17-,20?/m1/s1. The van der Waals surface area contributed by atoms with E-state index in [1.54, 1.807) is 24.3 Å². The average Bonchev–Trinajstić information content (AvgIpc) is 2.77. The van der Waals surface area contributed by atoms with Crippen molar-refractivity contribution < 1.29 is 23.9 Å². The third kappa shape index (κ3) is 7.17. The van der Waals surface area contributed by atoms with Crippen LogP contribution in [-0.2, 0) is 14.3 Å². The summed E-state index contributed by atoms with van der Waals surface area (Å²) in [7, 11) is 1.53. The third-order valence-electron chi connectivity index (χ3n) is 5.26. The highest BCUT2D eigenvalue weighted by molar-refractivity contribution is 6.32. The maximum atomic E-state index is 12.8. The van der Waals surface area contributed by atoms with E-state index in [0.29, 0.717) is 36.9 Å². The van der Waals surface area contributed by atoms with Crippen LogP contribution in [0.25, 0.3) is 0 Å². The number of aliphatic imine (C=N–C) groups is 1. The van der Waals surface area contributed by atoms with Crippen molar-refractivity contribution in [1.82, 2.24) is 5.32 Å². The number of methoxy groups -OCH3 is 1. The molecular weight excluding hydrogens is 398 g/mol. The van der Waals surface area contributed by atoms with E-state index in [9.17, 15) is 14.4 Å². The number of rotatable bonds is 13. The van der Waals surface area contributed by atoms with Crippen LogP contribution in [0.1, 0.15) is 46.0 Å². The number of benzene rings is 1. The normalized spacial score (nSPS) is 17.8. The lowest BCUT2D eigenvalue weighted by molar-refractivity contribution is -0.131. The Morgan fingerprint density at radius 2 is 1.90 bits per heavy atom. The molecule has 2 atom stereocenters. The van der Waals surface area contributed by atoms with Gasteiger partial charge in [-0.15, -0.1) is 0 Å². The SMILES string of the molecule is CCCC[C@@H](CC)COCCCN=CC1C(=O)NC(=O)N(c2ccc(OC)cc2)C1=O. The maximum absolute atomic E-state index is 12.8. The van der Waals surface area contributed by atoms with Gasteiger partial charge in [-0.05, 0) is 43.0 Å². The number of unbranched alkanes of at least 4 members (excludes halogenated alkanes) is 1. The molecule has 31 heavy (non-hydrogen) atoms. The summed E-state index contributed by atoms with van der Waals surface area (Å²) in [5.41, 5.74) is 0.358. The summed E-state index contributed by atoms with van der Waals surface area (Å²) in [4.78, 5) is 42.3. The van der Waals surface area contributed by atoms with Crippen LogP contribution in [0.5, 0.6) is 5.75 Å². The van der Waals surface area contributed by atoms with E-state index in [2.05, 4.69) is 24.2 Å². The molecule has 0 saturated carbocycles. The molecule has 1 unspecified atom stereocenters. The van der Waals surface area contributed by atoms with Crippen LogP contribution in [0.3, 0.4) is 0 Å². The molecule has 1 aromatic carbocycles. The summed E-state index contributed by atoms with van der Waals surface area (Å²) >= 11 is 0. The van der Waals surface area contributed by atoms with Crippen molar-refractivity contribution in [2.75, 3.05) is 31.8 Å². The predicted octanol–water partition coefficient (Wildman–Crippen LogP) is 3.59. The molecule has 0 spiro atoms. The molecule has 170 valence electrons. The first-order valence-corrected chi connectivity index (χ1v) is 10.9. The molecule has 8 nitrogen and oxygen atoms in total. The Morgan fingerprint density at radius 1 is 1.16 bits per heavy atom. The van der Waals surface area contributed by atoms with Gasteiger partial charge in [0, 0.05) is 26.0 Å². The van der Waals surface area contributed by atoms with Gasteiger partial charge in [0.05, 0.1) is 12.8 Å². The zero-order valence-corrected chi connectivity index (χ0v) is 18.6. The molecule has 2 rings (SSSR count). The van der Waals surface area contributed by atoms with Crippen molar-refractivity contribution >= 4 is 29.7 Å². The Labute approximate surface area is 184 Å². The van der Waals surface area contributed by atoms with Crippen LogP contribution in [0, 0.1) is 11.8 Å². The molecule has 1 aliphatic heterocycles. The van der Waals surface area contributed by atoms with Crippen molar-refractivity contribution in [2.24, 2.45) is 16.8 Å². The second-order valence-corrected chi connectivity index (χ2v) is 7.54. The average molecular weight is 432 g/mol. The van der Waals surface area contributed by atoms with Gasteiger partial charge in [0.1, 0.15) is 5.75 Å². The minimum absolute atomic E-state index is 0.358. The lowest BCUT2D eigenvalue weighted by Gasteiger charge is -2.28. The molecule has 0 aromatic heterocycles. The Balaban J connectivity index is 1.84. The summed E-state index contributed by atoms with van der Waals surface area (Å²) in [6.07, 6.45) is 6.73. The van der Waals surface area contributed by atoms with E-state index in [0.717, 1.165) is 17.9 Å². The number of anilines is 1. The van der Waals surface area contributed by atoms with E-state index in [1.807, 2.05) is 0 Å². The first-order chi connectivity index (χ1) is 15.0. The molecule has 1 heterocycles. The number of nitrogens with one attached hydrogen (secondary N) is 1. The van der Waals surface area contributed by atoms with Gasteiger partial charge in [0.15, 0.2) is 5.92 Å². The van der Waals surface area contributed by atoms with Gasteiger partial charge in [-0.25, -0.2) is 9.69 Å². The zero-order valence-electron chi connectivity index (χ0n) is 18.6. The van der Waals surface area contributed by atoms with Gasteiger partial charge in [0.2, 0.25) is 5.91 Å². The number of carbonyl (C=O) groups excluding carboxylic acids is 3. The van der Waals surface area contributed by atoms with Crippen molar-refractivity contribution in [3.63, 3.8) is 0 Å². The second kappa shape index (κ2) is 12.8. The third-order valence-corrected chi connectivity index (χ3v) is 5.26. The number of imide groups is 2. The lowest BCUT2D eigenvalue weighted by atomic mass is 10.0. The summed E-state index contributed by atoms with van der Waals surface area (Å²) in [5, 5.41) is 2.21. The molecule has 1 fully saturated rings. The number of nitrogens with zero attached hydrogens (tertiary/aromatic N) is 2. The van der Waals surface area contributed by atoms with Crippen molar-refractivity contribution in [1.29, 1.82) is 0 Å². The Hall–Kier alpha value is -2.74. The molecule has 0 radical (unpaired) electrons. The number of hydrogen-bond donors (Lipinski definition) is 1. The lowest BCUT2D eigenvalue weighted by Crippen LogP contribution is -2.58. The molecule has 1 N–H and O–H groups in total. The van der Waals surface area contributed by atoms with E-state index in [4.69, 9.17) is 9.47 Å². The molecule has 1 aromatic rings. The molecule has 0 aliphatic carbocycles. The van der Waals surface area contributed by atoms with Crippen molar-refractivity contribution in [2.45, 2.75) is 46.0 Å². The van der Waals surface area contributed by atoms with Gasteiger partial charge >= 0.3 is 6.03 Å². The summed E-state index contributed by atoms with van der Waals surface area (Å²) < 4.78 is 10.8. The number of ether oxygens (including phenoxy) is 2. The first-order valence-electron chi connectivity index (χ1n) is 10.9. The monoisotopic (exact) mass is 431 g/mol. The number of hydrogen-bond acceptors (Lipinski definition) is 6. The van der Waals surface area contributed by atoms with Crippen LogP contribution in [0.4, 0.5) is 10.5 Å². The highest BCUT2D eigenvalue weighted by atomic mass is 16.5. The first kappa shape index (κ1) is 24.5. The summed E-state index contributed by atoms with van der Waals surface area (Å²) in [6, 6.07) is 5.68. The quantitative estimate of drug-likeness (QED) is 0.292. The largest absolute Gasteiger partial charge is 0.497 e. The Bertz CT molecular complexity index is 763. The van der Waals surface area contributed by atoms with Crippen LogP contribution in [0.2, 0.25) is 0 Å². The van der Waals surface area contributed by atoms with Gasteiger partial charge in [-0.1, -0.05) is 33.1 Å². The van der Waals surface area contributed by atoms with Crippen molar-refractivity contribution in [3.05, 3.63) is 24.3 Å². The van der Waals surface area contributed by atoms with E-state index < -0.39 is 23.8 Å². The fraction of sp³-hybridized carbons (Fsp3) is 0.565. The number of amides is 4. The molecule has 1 aliphatic rings. The maximum Gasteiger partial charge on any atom is 0.335 e. The topological polar surface area (TPSA) is 97.3 Å². The Morgan fingerprint density at radius 3 is 2.55 bits per heavy atom. The van der Waals surface area contributed by atoms with Gasteiger partial charge in [-0.3, -0.25) is 19.9 Å². The van der Waals surface area contributed by atoms with E-state index in [-0.39, 0.29) is 0 Å². The Kier molecular flexibility index (Phi) is 10.2. The van der Waals surface area contributed by atoms with Crippen LogP contribution < -0.4 is 15.0 Å². The fourth-order valence-electron chi connectivity index (χ4n) is 3.28. The summed E-state index contributed by atoms with van der Waals surface area (Å²) in [5.74, 6) is -1.24. The second-order valence-electron chi connectivity index (χ2n) is 7.54. The van der Waals surface area contributed by atoms with E-state index in [1.165, 1.54) is 32.6 Å². The highest BCUT2D eigenvalue weighted by Crippen LogP contribution is 2.23. The van der Waals surface area contributed by atoms with Gasteiger partial charge in [-0.2, -0.15) is 0 Å². The number of barbiturate groups is 1. The zero-order chi connectivity index (χ0) is 22.6. The summed E-state index contributed by atoms with van der Waals surface area (Å²) in [6.45, 7) is 6.15. The van der Waals surface area contributed by atoms with Gasteiger partial charge in [0.25, 0.3) is 5.91 Å². The van der Waals surface area contributed by atoms with Gasteiger partial charge < -0.3 is 9.47 Å². The minimum Gasteiger partial charge on any atom is -0.497 e. The number of urea groups is 1. The number of carbonyl (C=O) groups is 3. The molecule has 8 heteroatoms. The smallest absolute Gasteiger partial charge is 0.335 e. The van der Waals surface area contributed by atoms with E-state index >= 15 is 0 Å². The highest BCUT2D eigenvalue weighted by Gasteiger charge is 2.40. The van der Waals surface area contributed by atoms with Crippen LogP contribution in [-0.4, -0.2) is 50.9 Å². The predicted molar refractivity (Wildman–Crippen MR) is 120 cm³/mol. The van der Waals surface area contributed by atoms with Crippen molar-refractivity contribution in [3.8, 4) is 5.75 Å². The molecular formula is C23H33N3O5. The van der Waals surface area contributed by atoms with Crippen LogP contribution >= 0.6 is 0 Å². The van der Waals surface area contributed by atoms with Crippen LogP contribution in [0.15, 0.2) is 29.3 Å². The molecule has 1 saturated heterocycles. The molecule has 4 amide bonds.